The fraction of sp³-hybridized carbons (Fsp3) is 0.722. The van der Waals surface area contributed by atoms with Gasteiger partial charge in [0.1, 0.15) is 0 Å². The molecular formula is C18H27N3OS2. The van der Waals surface area contributed by atoms with E-state index in [2.05, 4.69) is 32.4 Å². The van der Waals surface area contributed by atoms with Crippen LogP contribution in [0, 0.1) is 5.41 Å². The summed E-state index contributed by atoms with van der Waals surface area (Å²) in [4.78, 5) is 15.3. The van der Waals surface area contributed by atoms with Crippen molar-refractivity contribution in [3.05, 3.63) is 22.4 Å². The molecule has 2 saturated heterocycles. The molecule has 2 N–H and O–H groups in total. The van der Waals surface area contributed by atoms with Crippen molar-refractivity contribution in [1.29, 1.82) is 0 Å². The van der Waals surface area contributed by atoms with Crippen molar-refractivity contribution >= 4 is 29.0 Å². The van der Waals surface area contributed by atoms with E-state index in [1.165, 1.54) is 30.6 Å². The highest BCUT2D eigenvalue weighted by atomic mass is 32.2. The number of nitrogens with zero attached hydrogens (tertiary/aromatic N) is 1. The molecule has 0 radical (unpaired) electrons. The summed E-state index contributed by atoms with van der Waals surface area (Å²) in [6.07, 6.45) is 4.31. The van der Waals surface area contributed by atoms with Crippen LogP contribution in [0.5, 0.6) is 0 Å². The Morgan fingerprint density at radius 2 is 2.21 bits per heavy atom. The van der Waals surface area contributed by atoms with Crippen LogP contribution in [-0.4, -0.2) is 54.0 Å². The maximum Gasteiger partial charge on any atom is 0.224 e. The van der Waals surface area contributed by atoms with Crippen LogP contribution in [0.15, 0.2) is 16.8 Å². The summed E-state index contributed by atoms with van der Waals surface area (Å²) in [5.41, 5.74) is 1.70. The standard InChI is InChI=1S/C18H27N3OS2/c22-17(9-15-13-24-8-6-20-15)21(11-14-1-7-23-12-14)16-10-18(16)2-4-19-5-3-18/h1,7,12,15-16,19-20H,2-6,8-11,13H2. The van der Waals surface area contributed by atoms with Crippen molar-refractivity contribution in [3.8, 4) is 0 Å². The van der Waals surface area contributed by atoms with Crippen LogP contribution in [0.25, 0.3) is 0 Å². The van der Waals surface area contributed by atoms with Gasteiger partial charge < -0.3 is 15.5 Å². The molecule has 6 heteroatoms. The zero-order chi connectivity index (χ0) is 16.4. The maximum absolute atomic E-state index is 13.1. The Hall–Kier alpha value is -0.560. The molecule has 132 valence electrons. The van der Waals surface area contributed by atoms with Crippen molar-refractivity contribution in [1.82, 2.24) is 15.5 Å². The number of nitrogens with one attached hydrogen (secondary N) is 2. The quantitative estimate of drug-likeness (QED) is 0.840. The lowest BCUT2D eigenvalue weighted by atomic mass is 9.93. The van der Waals surface area contributed by atoms with Crippen molar-refractivity contribution in [2.45, 2.75) is 44.3 Å². The first-order valence-electron chi connectivity index (χ1n) is 9.09. The van der Waals surface area contributed by atoms with E-state index in [0.29, 0.717) is 29.8 Å². The third kappa shape index (κ3) is 3.66. The van der Waals surface area contributed by atoms with Gasteiger partial charge in [0.2, 0.25) is 5.91 Å². The number of rotatable bonds is 5. The SMILES string of the molecule is O=C(CC1CSCCN1)N(Cc1ccsc1)C1CC12CCNCC2. The minimum Gasteiger partial charge on any atom is -0.335 e. The normalized spacial score (nSPS) is 28.7. The van der Waals surface area contributed by atoms with Crippen LogP contribution >= 0.6 is 23.1 Å². The van der Waals surface area contributed by atoms with Gasteiger partial charge in [0.25, 0.3) is 0 Å². The summed E-state index contributed by atoms with van der Waals surface area (Å²) >= 11 is 3.69. The van der Waals surface area contributed by atoms with E-state index < -0.39 is 0 Å². The molecule has 0 aromatic carbocycles. The van der Waals surface area contributed by atoms with E-state index in [1.807, 2.05) is 11.8 Å². The second kappa shape index (κ2) is 7.36. The number of hydrogen-bond donors (Lipinski definition) is 2. The van der Waals surface area contributed by atoms with Crippen LogP contribution in [0.2, 0.25) is 0 Å². The minimum atomic E-state index is 0.349. The monoisotopic (exact) mass is 365 g/mol. The summed E-state index contributed by atoms with van der Waals surface area (Å²) in [5, 5.41) is 11.3. The fourth-order valence-electron chi connectivity index (χ4n) is 4.26. The Balaban J connectivity index is 1.44. The van der Waals surface area contributed by atoms with Gasteiger partial charge in [-0.1, -0.05) is 0 Å². The van der Waals surface area contributed by atoms with E-state index in [1.54, 1.807) is 11.3 Å². The minimum absolute atomic E-state index is 0.349. The predicted octanol–water partition coefficient (Wildman–Crippen LogP) is 2.31. The zero-order valence-corrected chi connectivity index (χ0v) is 15.8. The van der Waals surface area contributed by atoms with Gasteiger partial charge >= 0.3 is 0 Å². The molecule has 1 amide bonds. The van der Waals surface area contributed by atoms with Crippen LogP contribution in [-0.2, 0) is 11.3 Å². The molecule has 2 unspecified atom stereocenters. The average molecular weight is 366 g/mol. The third-order valence-electron chi connectivity index (χ3n) is 5.80. The molecule has 24 heavy (non-hydrogen) atoms. The van der Waals surface area contributed by atoms with Gasteiger partial charge in [-0.25, -0.2) is 0 Å². The van der Waals surface area contributed by atoms with Gasteiger partial charge in [-0.05, 0) is 60.2 Å². The molecule has 3 heterocycles. The summed E-state index contributed by atoms with van der Waals surface area (Å²) < 4.78 is 0. The number of hydrogen-bond acceptors (Lipinski definition) is 5. The first-order valence-corrected chi connectivity index (χ1v) is 11.2. The summed E-state index contributed by atoms with van der Waals surface area (Å²) in [7, 11) is 0. The van der Waals surface area contributed by atoms with E-state index in [4.69, 9.17) is 0 Å². The lowest BCUT2D eigenvalue weighted by Gasteiger charge is -2.31. The maximum atomic E-state index is 13.1. The number of carbonyl (C=O) groups excluding carboxylic acids is 1. The lowest BCUT2D eigenvalue weighted by Crippen LogP contribution is -2.44. The van der Waals surface area contributed by atoms with Gasteiger partial charge in [-0.15, -0.1) is 0 Å². The molecular weight excluding hydrogens is 338 g/mol. The van der Waals surface area contributed by atoms with Gasteiger partial charge in [-0.2, -0.15) is 23.1 Å². The molecule has 1 spiro atoms. The molecule has 1 aliphatic carbocycles. The lowest BCUT2D eigenvalue weighted by molar-refractivity contribution is -0.133. The molecule has 4 nitrogen and oxygen atoms in total. The molecule has 3 aliphatic rings. The molecule has 3 fully saturated rings. The highest BCUT2D eigenvalue weighted by Crippen LogP contribution is 2.56. The Kier molecular flexibility index (Phi) is 5.18. The highest BCUT2D eigenvalue weighted by Gasteiger charge is 2.57. The number of thioether (sulfide) groups is 1. The Morgan fingerprint density at radius 1 is 1.33 bits per heavy atom. The van der Waals surface area contributed by atoms with E-state index in [-0.39, 0.29) is 0 Å². The Bertz CT molecular complexity index is 551. The van der Waals surface area contributed by atoms with Gasteiger partial charge in [0, 0.05) is 43.1 Å². The summed E-state index contributed by atoms with van der Waals surface area (Å²) in [6, 6.07) is 2.98. The number of amides is 1. The topological polar surface area (TPSA) is 44.4 Å². The van der Waals surface area contributed by atoms with Crippen LogP contribution in [0.1, 0.15) is 31.2 Å². The molecule has 2 aliphatic heterocycles. The molecule has 1 aromatic heterocycles. The number of carbonyl (C=O) groups is 1. The van der Waals surface area contributed by atoms with Gasteiger partial charge in [-0.3, -0.25) is 4.79 Å². The molecule has 2 atom stereocenters. The predicted molar refractivity (Wildman–Crippen MR) is 102 cm³/mol. The van der Waals surface area contributed by atoms with Crippen LogP contribution < -0.4 is 10.6 Å². The third-order valence-corrected chi connectivity index (χ3v) is 7.66. The molecule has 4 rings (SSSR count). The zero-order valence-electron chi connectivity index (χ0n) is 14.1. The molecule has 1 saturated carbocycles. The Labute approximate surface area is 152 Å². The van der Waals surface area contributed by atoms with Crippen molar-refractivity contribution in [3.63, 3.8) is 0 Å². The number of piperidine rings is 1. The summed E-state index contributed by atoms with van der Waals surface area (Å²) in [5.74, 6) is 2.58. The number of thiophene rings is 1. The largest absolute Gasteiger partial charge is 0.335 e. The van der Waals surface area contributed by atoms with E-state index >= 15 is 0 Å². The molecule has 0 bridgehead atoms. The Morgan fingerprint density at radius 3 is 2.92 bits per heavy atom. The second-order valence-corrected chi connectivity index (χ2v) is 9.35. The van der Waals surface area contributed by atoms with E-state index in [9.17, 15) is 4.79 Å². The average Bonchev–Trinajstić information content (AvgIpc) is 3.05. The van der Waals surface area contributed by atoms with Crippen molar-refractivity contribution in [2.24, 2.45) is 5.41 Å². The summed E-state index contributed by atoms with van der Waals surface area (Å²) in [6.45, 7) is 4.05. The van der Waals surface area contributed by atoms with E-state index in [0.717, 1.165) is 31.9 Å². The first kappa shape index (κ1) is 16.9. The second-order valence-electron chi connectivity index (χ2n) is 7.42. The van der Waals surface area contributed by atoms with Crippen LogP contribution in [0.3, 0.4) is 0 Å². The van der Waals surface area contributed by atoms with Gasteiger partial charge in [0.05, 0.1) is 0 Å². The van der Waals surface area contributed by atoms with Crippen molar-refractivity contribution < 1.29 is 4.79 Å². The van der Waals surface area contributed by atoms with Gasteiger partial charge in [0.15, 0.2) is 0 Å². The smallest absolute Gasteiger partial charge is 0.224 e. The molecule has 1 aromatic rings. The highest BCUT2D eigenvalue weighted by molar-refractivity contribution is 7.99. The first-order chi connectivity index (χ1) is 11.8. The fourth-order valence-corrected chi connectivity index (χ4v) is 5.87. The van der Waals surface area contributed by atoms with Crippen molar-refractivity contribution in [2.75, 3.05) is 31.1 Å². The van der Waals surface area contributed by atoms with Crippen LogP contribution in [0.4, 0.5) is 0 Å².